The summed E-state index contributed by atoms with van der Waals surface area (Å²) in [5.74, 6) is 1.09. The van der Waals surface area contributed by atoms with Crippen molar-refractivity contribution in [2.24, 2.45) is 0 Å². The Morgan fingerprint density at radius 1 is 1.25 bits per heavy atom. The third kappa shape index (κ3) is 6.71. The van der Waals surface area contributed by atoms with E-state index in [1.165, 1.54) is 0 Å². The predicted molar refractivity (Wildman–Crippen MR) is 99.9 cm³/mol. The van der Waals surface area contributed by atoms with Crippen LogP contribution in [0.1, 0.15) is 11.1 Å². The molecule has 0 saturated heterocycles. The van der Waals surface area contributed by atoms with Gasteiger partial charge in [-0.25, -0.2) is 0 Å². The molecule has 0 fully saturated rings. The molecular weight excluding hydrogens is 375 g/mol. The molecule has 0 aliphatic rings. The van der Waals surface area contributed by atoms with Crippen molar-refractivity contribution in [1.29, 1.82) is 0 Å². The number of nitrogens with zero attached hydrogens (tertiary/aromatic N) is 1. The normalized spacial score (nSPS) is 9.62. The number of benzene rings is 1. The molecule has 0 aliphatic carbocycles. The van der Waals surface area contributed by atoms with E-state index in [-0.39, 0.29) is 31.4 Å². The lowest BCUT2D eigenvalue weighted by Gasteiger charge is -2.14. The van der Waals surface area contributed by atoms with Gasteiger partial charge in [-0.2, -0.15) is 0 Å². The molecule has 0 atom stereocenters. The maximum Gasteiger partial charge on any atom is 0.180 e. The molecule has 2 rings (SSSR count). The van der Waals surface area contributed by atoms with E-state index in [1.807, 2.05) is 24.3 Å². The SMILES string of the molecule is COc1cc(CNCCO)cc(Cl)c1OCc1cccnc1.Cl.Cl. The zero-order valence-electron chi connectivity index (χ0n) is 13.2. The smallest absolute Gasteiger partial charge is 0.180 e. The summed E-state index contributed by atoms with van der Waals surface area (Å²) in [6.07, 6.45) is 3.46. The van der Waals surface area contributed by atoms with E-state index in [2.05, 4.69) is 10.3 Å². The Labute approximate surface area is 159 Å². The number of hydrogen-bond donors (Lipinski definition) is 2. The molecule has 134 valence electrons. The van der Waals surface area contributed by atoms with Crippen molar-refractivity contribution in [3.63, 3.8) is 0 Å². The fourth-order valence-electron chi connectivity index (χ4n) is 1.97. The average Bonchev–Trinajstić information content (AvgIpc) is 2.54. The lowest BCUT2D eigenvalue weighted by Crippen LogP contribution is -2.17. The fraction of sp³-hybridized carbons (Fsp3) is 0.312. The molecule has 1 aromatic carbocycles. The van der Waals surface area contributed by atoms with Gasteiger partial charge in [-0.15, -0.1) is 24.8 Å². The molecule has 0 saturated carbocycles. The van der Waals surface area contributed by atoms with Crippen LogP contribution in [0.4, 0.5) is 0 Å². The van der Waals surface area contributed by atoms with Crippen molar-refractivity contribution in [1.82, 2.24) is 10.3 Å². The molecule has 0 spiro atoms. The van der Waals surface area contributed by atoms with E-state index in [0.717, 1.165) is 11.1 Å². The number of hydrogen-bond acceptors (Lipinski definition) is 5. The molecule has 2 N–H and O–H groups in total. The van der Waals surface area contributed by atoms with Gasteiger partial charge < -0.3 is 19.9 Å². The van der Waals surface area contributed by atoms with Crippen LogP contribution in [0.3, 0.4) is 0 Å². The van der Waals surface area contributed by atoms with Crippen LogP contribution >= 0.6 is 36.4 Å². The highest BCUT2D eigenvalue weighted by Crippen LogP contribution is 2.36. The number of ether oxygens (including phenoxy) is 2. The van der Waals surface area contributed by atoms with Crippen molar-refractivity contribution in [3.8, 4) is 11.5 Å². The molecule has 5 nitrogen and oxygen atoms in total. The Morgan fingerprint density at radius 3 is 2.67 bits per heavy atom. The summed E-state index contributed by atoms with van der Waals surface area (Å²) in [6.45, 7) is 1.59. The Bertz CT molecular complexity index is 601. The van der Waals surface area contributed by atoms with Gasteiger partial charge >= 0.3 is 0 Å². The molecule has 2 aromatic rings. The monoisotopic (exact) mass is 394 g/mol. The van der Waals surface area contributed by atoms with Crippen molar-refractivity contribution < 1.29 is 14.6 Å². The minimum atomic E-state index is 0. The lowest BCUT2D eigenvalue weighted by atomic mass is 10.2. The number of pyridine rings is 1. The van der Waals surface area contributed by atoms with Crippen LogP contribution in [0.25, 0.3) is 0 Å². The molecular formula is C16H21Cl3N2O3. The first-order valence-electron chi connectivity index (χ1n) is 6.94. The van der Waals surface area contributed by atoms with Gasteiger partial charge in [0.1, 0.15) is 6.61 Å². The molecule has 0 amide bonds. The van der Waals surface area contributed by atoms with Crippen molar-refractivity contribution in [3.05, 3.63) is 52.8 Å². The topological polar surface area (TPSA) is 63.6 Å². The van der Waals surface area contributed by atoms with Crippen LogP contribution in [-0.4, -0.2) is 30.4 Å². The van der Waals surface area contributed by atoms with Crippen LogP contribution in [0.2, 0.25) is 5.02 Å². The molecule has 0 radical (unpaired) electrons. The number of nitrogens with one attached hydrogen (secondary N) is 1. The largest absolute Gasteiger partial charge is 0.493 e. The number of halogens is 3. The molecule has 1 heterocycles. The highest BCUT2D eigenvalue weighted by Gasteiger charge is 2.12. The Kier molecular flexibility index (Phi) is 11.5. The van der Waals surface area contributed by atoms with E-state index in [4.69, 9.17) is 26.2 Å². The standard InChI is InChI=1S/C16H19ClN2O3.2ClH/c1-21-15-8-13(10-19-5-6-20)7-14(17)16(15)22-11-12-3-2-4-18-9-12;;/h2-4,7-9,19-20H,5-6,10-11H2,1H3;2*1H. The van der Waals surface area contributed by atoms with Gasteiger partial charge in [-0.1, -0.05) is 17.7 Å². The molecule has 8 heteroatoms. The number of methoxy groups -OCH3 is 1. The van der Waals surface area contributed by atoms with Gasteiger partial charge in [0, 0.05) is 31.0 Å². The van der Waals surface area contributed by atoms with Crippen LogP contribution in [0.15, 0.2) is 36.7 Å². The summed E-state index contributed by atoms with van der Waals surface area (Å²) in [6, 6.07) is 7.48. The Hall–Kier alpha value is -1.24. The predicted octanol–water partition coefficient (Wildman–Crippen LogP) is 3.25. The van der Waals surface area contributed by atoms with Crippen molar-refractivity contribution in [2.75, 3.05) is 20.3 Å². The van der Waals surface area contributed by atoms with Crippen LogP contribution in [0.5, 0.6) is 11.5 Å². The van der Waals surface area contributed by atoms with E-state index in [9.17, 15) is 0 Å². The number of aliphatic hydroxyl groups excluding tert-OH is 1. The van der Waals surface area contributed by atoms with Gasteiger partial charge in [0.25, 0.3) is 0 Å². The molecule has 24 heavy (non-hydrogen) atoms. The summed E-state index contributed by atoms with van der Waals surface area (Å²) >= 11 is 6.29. The summed E-state index contributed by atoms with van der Waals surface area (Å²) < 4.78 is 11.1. The third-order valence-electron chi connectivity index (χ3n) is 3.01. The Morgan fingerprint density at radius 2 is 2.04 bits per heavy atom. The van der Waals surface area contributed by atoms with Gasteiger partial charge in [0.15, 0.2) is 11.5 Å². The summed E-state index contributed by atoms with van der Waals surface area (Å²) in [5, 5.41) is 12.4. The highest BCUT2D eigenvalue weighted by atomic mass is 35.5. The second-order valence-corrected chi connectivity index (χ2v) is 5.07. The number of aliphatic hydroxyl groups is 1. The van der Waals surface area contributed by atoms with Gasteiger partial charge in [0.05, 0.1) is 18.7 Å². The first-order valence-corrected chi connectivity index (χ1v) is 7.32. The first kappa shape index (κ1) is 22.8. The van der Waals surface area contributed by atoms with Gasteiger partial charge in [-0.05, 0) is 23.8 Å². The maximum absolute atomic E-state index is 8.78. The van der Waals surface area contributed by atoms with E-state index in [0.29, 0.717) is 36.2 Å². The molecule has 0 unspecified atom stereocenters. The molecule has 1 aromatic heterocycles. The minimum absolute atomic E-state index is 0. The summed E-state index contributed by atoms with van der Waals surface area (Å²) in [4.78, 5) is 4.04. The summed E-state index contributed by atoms with van der Waals surface area (Å²) in [7, 11) is 1.58. The van der Waals surface area contributed by atoms with E-state index < -0.39 is 0 Å². The Balaban J connectivity index is 0.00000264. The lowest BCUT2D eigenvalue weighted by molar-refractivity contribution is 0.283. The fourth-order valence-corrected chi connectivity index (χ4v) is 2.25. The van der Waals surface area contributed by atoms with Crippen molar-refractivity contribution in [2.45, 2.75) is 13.2 Å². The molecule has 0 aliphatic heterocycles. The van der Waals surface area contributed by atoms with Crippen molar-refractivity contribution >= 4 is 36.4 Å². The van der Waals surface area contributed by atoms with Crippen LogP contribution in [-0.2, 0) is 13.2 Å². The second-order valence-electron chi connectivity index (χ2n) is 4.66. The zero-order chi connectivity index (χ0) is 15.8. The third-order valence-corrected chi connectivity index (χ3v) is 3.29. The quantitative estimate of drug-likeness (QED) is 0.672. The maximum atomic E-state index is 8.78. The highest BCUT2D eigenvalue weighted by molar-refractivity contribution is 6.32. The first-order chi connectivity index (χ1) is 10.7. The van der Waals surface area contributed by atoms with E-state index >= 15 is 0 Å². The molecule has 0 bridgehead atoms. The number of rotatable bonds is 8. The number of aromatic nitrogens is 1. The minimum Gasteiger partial charge on any atom is -0.493 e. The summed E-state index contributed by atoms with van der Waals surface area (Å²) in [5.41, 5.74) is 1.92. The van der Waals surface area contributed by atoms with Crippen LogP contribution < -0.4 is 14.8 Å². The average molecular weight is 396 g/mol. The second kappa shape index (κ2) is 12.2. The van der Waals surface area contributed by atoms with Gasteiger partial charge in [0.2, 0.25) is 0 Å². The van der Waals surface area contributed by atoms with Crippen LogP contribution in [0, 0.1) is 0 Å². The van der Waals surface area contributed by atoms with Gasteiger partial charge in [-0.3, -0.25) is 4.98 Å². The zero-order valence-corrected chi connectivity index (χ0v) is 15.6. The van der Waals surface area contributed by atoms with E-state index in [1.54, 1.807) is 19.5 Å².